The van der Waals surface area contributed by atoms with E-state index in [9.17, 15) is 4.79 Å². The van der Waals surface area contributed by atoms with Crippen molar-refractivity contribution in [2.24, 2.45) is 0 Å². The fourth-order valence-electron chi connectivity index (χ4n) is 2.83. The number of halogens is 1. The van der Waals surface area contributed by atoms with Crippen molar-refractivity contribution in [1.82, 2.24) is 14.8 Å². The van der Waals surface area contributed by atoms with Crippen molar-refractivity contribution in [3.63, 3.8) is 0 Å². The third kappa shape index (κ3) is 5.00. The minimum absolute atomic E-state index is 0.0874. The maximum atomic E-state index is 12.5. The lowest BCUT2D eigenvalue weighted by atomic mass is 10.1. The first-order valence-electron chi connectivity index (χ1n) is 9.20. The van der Waals surface area contributed by atoms with Gasteiger partial charge in [-0.05, 0) is 84.2 Å². The van der Waals surface area contributed by atoms with Crippen LogP contribution in [0.2, 0.25) is 0 Å². The number of anilines is 1. The third-order valence-electron chi connectivity index (χ3n) is 4.57. The van der Waals surface area contributed by atoms with Crippen LogP contribution in [0.3, 0.4) is 0 Å². The molecule has 0 spiro atoms. The van der Waals surface area contributed by atoms with E-state index in [1.165, 1.54) is 17.3 Å². The predicted molar refractivity (Wildman–Crippen MR) is 121 cm³/mol. The lowest BCUT2D eigenvalue weighted by Gasteiger charge is -2.11. The summed E-state index contributed by atoms with van der Waals surface area (Å²) in [5.74, 6) is 1.73. The first kappa shape index (κ1) is 21.4. The number of thioether (sulfide) groups is 1. The van der Waals surface area contributed by atoms with Crippen LogP contribution in [0.1, 0.15) is 18.1 Å². The lowest BCUT2D eigenvalue weighted by Crippen LogP contribution is -2.15. The number of amides is 1. The van der Waals surface area contributed by atoms with Crippen molar-refractivity contribution >= 4 is 39.3 Å². The van der Waals surface area contributed by atoms with E-state index in [0.717, 1.165) is 32.9 Å². The largest absolute Gasteiger partial charge is 0.497 e. The van der Waals surface area contributed by atoms with E-state index in [0.29, 0.717) is 11.7 Å². The molecule has 1 heterocycles. The number of aromatic nitrogens is 3. The van der Waals surface area contributed by atoms with Gasteiger partial charge in [0.15, 0.2) is 11.0 Å². The molecule has 3 rings (SSSR count). The molecule has 1 amide bonds. The molecule has 1 aromatic heterocycles. The van der Waals surface area contributed by atoms with Crippen molar-refractivity contribution in [3.05, 3.63) is 52.0 Å². The van der Waals surface area contributed by atoms with Gasteiger partial charge in [-0.3, -0.25) is 4.79 Å². The number of carbonyl (C=O) groups is 1. The number of carbonyl (C=O) groups excluding carboxylic acids is 1. The third-order valence-corrected chi connectivity index (χ3v) is 6.19. The maximum absolute atomic E-state index is 12.5. The van der Waals surface area contributed by atoms with Gasteiger partial charge in [0.1, 0.15) is 5.75 Å². The molecule has 0 fully saturated rings. The summed E-state index contributed by atoms with van der Waals surface area (Å²) in [4.78, 5) is 12.5. The van der Waals surface area contributed by atoms with Gasteiger partial charge < -0.3 is 14.6 Å². The summed E-state index contributed by atoms with van der Waals surface area (Å²) < 4.78 is 8.09. The molecule has 0 atom stereocenters. The average molecular weight is 475 g/mol. The quantitative estimate of drug-likeness (QED) is 0.483. The molecule has 0 aliphatic carbocycles. The van der Waals surface area contributed by atoms with E-state index in [1.54, 1.807) is 7.11 Å². The van der Waals surface area contributed by atoms with Gasteiger partial charge in [0, 0.05) is 16.6 Å². The van der Waals surface area contributed by atoms with Crippen LogP contribution >= 0.6 is 27.7 Å². The minimum atomic E-state index is -0.0874. The Bertz CT molecular complexity index is 1020. The van der Waals surface area contributed by atoms with Gasteiger partial charge in [0.05, 0.1) is 18.6 Å². The number of methoxy groups -OCH3 is 1. The van der Waals surface area contributed by atoms with E-state index in [-0.39, 0.29) is 11.7 Å². The van der Waals surface area contributed by atoms with Gasteiger partial charge >= 0.3 is 0 Å². The highest BCUT2D eigenvalue weighted by Crippen LogP contribution is 2.28. The molecule has 0 bridgehead atoms. The molecule has 0 saturated carbocycles. The molecule has 0 radical (unpaired) electrons. The Kier molecular flexibility index (Phi) is 6.97. The zero-order valence-corrected chi connectivity index (χ0v) is 19.2. The Balaban J connectivity index is 1.70. The van der Waals surface area contributed by atoms with Gasteiger partial charge in [-0.1, -0.05) is 11.8 Å². The lowest BCUT2D eigenvalue weighted by molar-refractivity contribution is -0.113. The van der Waals surface area contributed by atoms with Gasteiger partial charge in [0.25, 0.3) is 0 Å². The van der Waals surface area contributed by atoms with Gasteiger partial charge in [-0.15, -0.1) is 10.2 Å². The highest BCUT2D eigenvalue weighted by Gasteiger charge is 2.15. The van der Waals surface area contributed by atoms with Gasteiger partial charge in [-0.25, -0.2) is 0 Å². The Hall–Kier alpha value is -2.32. The Morgan fingerprint density at radius 3 is 2.52 bits per heavy atom. The standard InChI is InChI=1S/C21H23BrN4O2S/c1-5-26-20(15-6-8-16(28-4)9-7-15)24-25-21(26)29-12-19(27)23-18-11-14(3)13(2)10-17(18)22/h6-11H,5,12H2,1-4H3,(H,23,27). The van der Waals surface area contributed by atoms with Crippen LogP contribution < -0.4 is 10.1 Å². The monoisotopic (exact) mass is 474 g/mol. The number of aryl methyl sites for hydroxylation is 2. The first-order valence-corrected chi connectivity index (χ1v) is 11.0. The zero-order chi connectivity index (χ0) is 21.0. The second-order valence-corrected chi connectivity index (χ2v) is 8.33. The van der Waals surface area contributed by atoms with E-state index >= 15 is 0 Å². The van der Waals surface area contributed by atoms with E-state index in [2.05, 4.69) is 31.4 Å². The molecule has 1 N–H and O–H groups in total. The number of benzene rings is 2. The number of ether oxygens (including phenoxy) is 1. The Morgan fingerprint density at radius 2 is 1.86 bits per heavy atom. The SMILES string of the molecule is CCn1c(SCC(=O)Nc2cc(C)c(C)cc2Br)nnc1-c1ccc(OC)cc1. The van der Waals surface area contributed by atoms with Crippen molar-refractivity contribution < 1.29 is 9.53 Å². The zero-order valence-electron chi connectivity index (χ0n) is 16.8. The van der Waals surface area contributed by atoms with Crippen LogP contribution in [0.5, 0.6) is 5.75 Å². The normalized spacial score (nSPS) is 10.8. The van der Waals surface area contributed by atoms with Crippen LogP contribution in [0, 0.1) is 13.8 Å². The molecule has 2 aromatic carbocycles. The average Bonchev–Trinajstić information content (AvgIpc) is 3.13. The molecule has 0 aliphatic rings. The summed E-state index contributed by atoms with van der Waals surface area (Å²) >= 11 is 4.88. The molecule has 0 aliphatic heterocycles. The van der Waals surface area contributed by atoms with Crippen LogP contribution in [0.15, 0.2) is 46.0 Å². The summed E-state index contributed by atoms with van der Waals surface area (Å²) in [7, 11) is 1.64. The summed E-state index contributed by atoms with van der Waals surface area (Å²) in [5, 5.41) is 12.3. The Labute approximate surface area is 183 Å². The fraction of sp³-hybridized carbons (Fsp3) is 0.286. The van der Waals surface area contributed by atoms with Gasteiger partial charge in [-0.2, -0.15) is 0 Å². The molecule has 0 saturated heterocycles. The molecule has 0 unspecified atom stereocenters. The second kappa shape index (κ2) is 9.45. The molecule has 152 valence electrons. The number of hydrogen-bond donors (Lipinski definition) is 1. The molecule has 29 heavy (non-hydrogen) atoms. The van der Waals surface area contributed by atoms with Crippen molar-refractivity contribution in [2.45, 2.75) is 32.5 Å². The second-order valence-electron chi connectivity index (χ2n) is 6.53. The molecule has 3 aromatic rings. The molecule has 6 nitrogen and oxygen atoms in total. The predicted octanol–water partition coefficient (Wildman–Crippen LogP) is 5.08. The van der Waals surface area contributed by atoms with Gasteiger partial charge in [0.2, 0.25) is 5.91 Å². The molecular weight excluding hydrogens is 452 g/mol. The van der Waals surface area contributed by atoms with E-state index in [4.69, 9.17) is 4.74 Å². The first-order chi connectivity index (χ1) is 13.9. The summed E-state index contributed by atoms with van der Waals surface area (Å²) in [5.41, 5.74) is 4.03. The van der Waals surface area contributed by atoms with Crippen LogP contribution in [-0.2, 0) is 11.3 Å². The highest BCUT2D eigenvalue weighted by molar-refractivity contribution is 9.10. The van der Waals surface area contributed by atoms with Crippen molar-refractivity contribution in [2.75, 3.05) is 18.2 Å². The van der Waals surface area contributed by atoms with Crippen molar-refractivity contribution in [1.29, 1.82) is 0 Å². The number of rotatable bonds is 7. The number of hydrogen-bond acceptors (Lipinski definition) is 5. The number of nitrogens with zero attached hydrogens (tertiary/aromatic N) is 3. The van der Waals surface area contributed by atoms with E-state index < -0.39 is 0 Å². The molecule has 8 heteroatoms. The topological polar surface area (TPSA) is 69.0 Å². The smallest absolute Gasteiger partial charge is 0.234 e. The number of nitrogens with one attached hydrogen (secondary N) is 1. The summed E-state index contributed by atoms with van der Waals surface area (Å²) in [6.45, 7) is 6.81. The van der Waals surface area contributed by atoms with Crippen LogP contribution in [-0.4, -0.2) is 33.5 Å². The maximum Gasteiger partial charge on any atom is 0.234 e. The minimum Gasteiger partial charge on any atom is -0.497 e. The van der Waals surface area contributed by atoms with Crippen LogP contribution in [0.4, 0.5) is 5.69 Å². The van der Waals surface area contributed by atoms with Crippen molar-refractivity contribution in [3.8, 4) is 17.1 Å². The fourth-order valence-corrected chi connectivity index (χ4v) is 4.19. The highest BCUT2D eigenvalue weighted by atomic mass is 79.9. The molecular formula is C21H23BrN4O2S. The summed E-state index contributed by atoms with van der Waals surface area (Å²) in [6.07, 6.45) is 0. The Morgan fingerprint density at radius 1 is 1.17 bits per heavy atom. The summed E-state index contributed by atoms with van der Waals surface area (Å²) in [6, 6.07) is 11.7. The van der Waals surface area contributed by atoms with E-state index in [1.807, 2.05) is 61.7 Å². The van der Waals surface area contributed by atoms with Crippen LogP contribution in [0.25, 0.3) is 11.4 Å².